The van der Waals surface area contributed by atoms with E-state index in [9.17, 15) is 14.4 Å². The highest BCUT2D eigenvalue weighted by Gasteiger charge is 2.39. The van der Waals surface area contributed by atoms with Crippen molar-refractivity contribution in [2.45, 2.75) is 69.7 Å². The molecule has 3 saturated heterocycles. The zero-order chi connectivity index (χ0) is 34.2. The number of amides is 3. The number of carbonyl (C=O) groups is 3. The first kappa shape index (κ1) is 32.3. The predicted molar refractivity (Wildman–Crippen MR) is 191 cm³/mol. The van der Waals surface area contributed by atoms with Crippen LogP contribution in [-0.2, 0) is 29.7 Å². The van der Waals surface area contributed by atoms with Gasteiger partial charge in [-0.05, 0) is 97.4 Å². The van der Waals surface area contributed by atoms with Gasteiger partial charge in [0.1, 0.15) is 23.7 Å². The highest BCUT2D eigenvalue weighted by atomic mass is 16.5. The van der Waals surface area contributed by atoms with Crippen LogP contribution in [-0.4, -0.2) is 75.4 Å². The van der Waals surface area contributed by atoms with Crippen LogP contribution in [0.2, 0.25) is 0 Å². The third kappa shape index (κ3) is 6.64. The van der Waals surface area contributed by atoms with Crippen molar-refractivity contribution in [3.63, 3.8) is 0 Å². The molecule has 50 heavy (non-hydrogen) atoms. The van der Waals surface area contributed by atoms with Gasteiger partial charge in [-0.2, -0.15) is 0 Å². The minimum atomic E-state index is -0.576. The Hall–Kier alpha value is -4.96. The molecule has 0 saturated carbocycles. The molecule has 3 fully saturated rings. The van der Waals surface area contributed by atoms with Gasteiger partial charge in [0.15, 0.2) is 0 Å². The van der Waals surface area contributed by atoms with E-state index in [1.807, 2.05) is 42.2 Å². The second-order valence-electron chi connectivity index (χ2n) is 14.2. The Balaban J connectivity index is 0.791. The Morgan fingerprint density at radius 2 is 1.62 bits per heavy atom. The number of imide groups is 1. The lowest BCUT2D eigenvalue weighted by atomic mass is 9.87. The van der Waals surface area contributed by atoms with Crippen molar-refractivity contribution in [3.05, 3.63) is 101 Å². The minimum absolute atomic E-state index is 0.111. The lowest BCUT2D eigenvalue weighted by Crippen LogP contribution is -2.52. The van der Waals surface area contributed by atoms with Crippen molar-refractivity contribution >= 4 is 23.4 Å². The van der Waals surface area contributed by atoms with Crippen LogP contribution in [0.1, 0.15) is 71.5 Å². The summed E-state index contributed by atoms with van der Waals surface area (Å²) in [6, 6.07) is 23.0. The largest absolute Gasteiger partial charge is 0.490 e. The van der Waals surface area contributed by atoms with E-state index < -0.39 is 6.04 Å². The number of imidazole rings is 1. The maximum atomic E-state index is 13.1. The average molecular weight is 673 g/mol. The molecule has 258 valence electrons. The molecule has 3 amide bonds. The van der Waals surface area contributed by atoms with Crippen molar-refractivity contribution in [2.75, 3.05) is 31.1 Å². The van der Waals surface area contributed by atoms with Crippen molar-refractivity contribution in [1.82, 2.24) is 24.7 Å². The zero-order valence-corrected chi connectivity index (χ0v) is 28.6. The number of hydrogen-bond acceptors (Lipinski definition) is 7. The van der Waals surface area contributed by atoms with Gasteiger partial charge in [-0.15, -0.1) is 0 Å². The summed E-state index contributed by atoms with van der Waals surface area (Å²) in [5, 5.41) is 2.38. The molecule has 0 aliphatic carbocycles. The molecule has 10 heteroatoms. The van der Waals surface area contributed by atoms with Crippen LogP contribution in [0.5, 0.6) is 5.75 Å². The van der Waals surface area contributed by atoms with E-state index in [-0.39, 0.29) is 30.2 Å². The third-order valence-corrected chi connectivity index (χ3v) is 11.0. The minimum Gasteiger partial charge on any atom is -0.490 e. The number of nitrogens with zero attached hydrogens (tertiary/aromatic N) is 5. The number of rotatable bonds is 8. The summed E-state index contributed by atoms with van der Waals surface area (Å²) in [6.45, 7) is 5.40. The molecule has 1 atom stereocenters. The fourth-order valence-corrected chi connectivity index (χ4v) is 8.09. The number of aryl methyl sites for hydroxylation is 1. The van der Waals surface area contributed by atoms with E-state index in [0.717, 1.165) is 81.1 Å². The van der Waals surface area contributed by atoms with Crippen molar-refractivity contribution in [3.8, 4) is 17.1 Å². The quantitative estimate of drug-likeness (QED) is 0.255. The van der Waals surface area contributed by atoms with Gasteiger partial charge in [0.2, 0.25) is 11.8 Å². The average Bonchev–Trinajstić information content (AvgIpc) is 3.71. The lowest BCUT2D eigenvalue weighted by molar-refractivity contribution is -0.136. The summed E-state index contributed by atoms with van der Waals surface area (Å²) in [5.41, 5.74) is 6.65. The summed E-state index contributed by atoms with van der Waals surface area (Å²) in [5.74, 6) is 1.58. The number of carbonyl (C=O) groups excluding carboxylic acids is 3. The second kappa shape index (κ2) is 13.7. The predicted octanol–water partition coefficient (Wildman–Crippen LogP) is 5.28. The SMILES string of the molecule is Cn1ccnc1-c1ccc(OC2CCN(c3ccc(CN4CCC(c5ccc6c(c5)CN(C5CCC(=O)NC5=O)C6=O)CC4)cc3)CC2)cc1. The van der Waals surface area contributed by atoms with Crippen LogP contribution in [0.3, 0.4) is 0 Å². The van der Waals surface area contributed by atoms with Gasteiger partial charge in [0.25, 0.3) is 5.91 Å². The molecule has 3 aromatic carbocycles. The number of ether oxygens (including phenoxy) is 1. The number of benzene rings is 3. The van der Waals surface area contributed by atoms with Crippen LogP contribution >= 0.6 is 0 Å². The fraction of sp³-hybridized carbons (Fsp3) is 0.400. The Bertz CT molecular complexity index is 1870. The van der Waals surface area contributed by atoms with Gasteiger partial charge in [-0.25, -0.2) is 4.98 Å². The summed E-state index contributed by atoms with van der Waals surface area (Å²) >= 11 is 0. The van der Waals surface area contributed by atoms with E-state index in [1.54, 1.807) is 4.90 Å². The van der Waals surface area contributed by atoms with E-state index in [1.165, 1.54) is 16.8 Å². The summed E-state index contributed by atoms with van der Waals surface area (Å²) in [7, 11) is 2.00. The van der Waals surface area contributed by atoms with Crippen molar-refractivity contribution < 1.29 is 19.1 Å². The first-order valence-corrected chi connectivity index (χ1v) is 18.0. The van der Waals surface area contributed by atoms with E-state index in [2.05, 4.69) is 68.6 Å². The monoisotopic (exact) mass is 672 g/mol. The van der Waals surface area contributed by atoms with Gasteiger partial charge < -0.3 is 19.1 Å². The molecule has 1 N–H and O–H groups in total. The van der Waals surface area contributed by atoms with Crippen LogP contribution in [0.4, 0.5) is 5.69 Å². The molecule has 0 radical (unpaired) electrons. The van der Waals surface area contributed by atoms with Gasteiger partial charge in [0.05, 0.1) is 0 Å². The fourth-order valence-electron chi connectivity index (χ4n) is 8.09. The molecule has 1 aromatic heterocycles. The Morgan fingerprint density at radius 3 is 2.32 bits per heavy atom. The number of piperidine rings is 3. The lowest BCUT2D eigenvalue weighted by Gasteiger charge is -2.34. The third-order valence-electron chi connectivity index (χ3n) is 11.0. The summed E-state index contributed by atoms with van der Waals surface area (Å²) < 4.78 is 8.36. The van der Waals surface area contributed by atoms with Gasteiger partial charge in [-0.3, -0.25) is 24.6 Å². The molecule has 10 nitrogen and oxygen atoms in total. The maximum absolute atomic E-state index is 13.1. The standard InChI is InChI=1S/C40H44N6O4/c1-43-23-18-41-38(43)29-4-9-33(10-5-29)50-34-16-21-45(22-17-34)32-7-2-27(3-8-32)25-44-19-14-28(15-20-44)30-6-11-35-31(24-30)26-46(40(35)49)36-12-13-37(47)42-39(36)48/h2-11,18,23-24,28,34,36H,12-17,19-22,25-26H2,1H3,(H,42,47,48). The highest BCUT2D eigenvalue weighted by molar-refractivity contribution is 6.05. The number of nitrogens with one attached hydrogen (secondary N) is 1. The molecule has 0 bridgehead atoms. The number of likely N-dealkylation sites (tertiary alicyclic amines) is 1. The number of fused-ring (bicyclic) bond motifs is 1. The normalized spacial score (nSPS) is 20.7. The van der Waals surface area contributed by atoms with E-state index in [4.69, 9.17) is 4.74 Å². The number of hydrogen-bond donors (Lipinski definition) is 1. The molecule has 0 spiro atoms. The summed E-state index contributed by atoms with van der Waals surface area (Å²) in [6.07, 6.45) is 8.79. The van der Waals surface area contributed by atoms with E-state index >= 15 is 0 Å². The van der Waals surface area contributed by atoms with Crippen molar-refractivity contribution in [1.29, 1.82) is 0 Å². The molecule has 4 aliphatic rings. The Morgan fingerprint density at radius 1 is 0.860 bits per heavy atom. The van der Waals surface area contributed by atoms with Crippen LogP contribution in [0.15, 0.2) is 79.1 Å². The van der Waals surface area contributed by atoms with Gasteiger partial charge in [-0.1, -0.05) is 24.3 Å². The molecule has 5 heterocycles. The summed E-state index contributed by atoms with van der Waals surface area (Å²) in [4.78, 5) is 48.2. The smallest absolute Gasteiger partial charge is 0.255 e. The Labute approximate surface area is 293 Å². The zero-order valence-electron chi connectivity index (χ0n) is 28.6. The molecule has 4 aromatic rings. The molecule has 1 unspecified atom stereocenters. The molecular formula is C40H44N6O4. The first-order chi connectivity index (χ1) is 24.4. The number of aromatic nitrogens is 2. The number of anilines is 1. The topological polar surface area (TPSA) is 100 Å². The van der Waals surface area contributed by atoms with Gasteiger partial charge >= 0.3 is 0 Å². The second-order valence-corrected chi connectivity index (χ2v) is 14.2. The maximum Gasteiger partial charge on any atom is 0.255 e. The molecule has 4 aliphatic heterocycles. The van der Waals surface area contributed by atoms with Crippen LogP contribution < -0.4 is 15.0 Å². The van der Waals surface area contributed by atoms with Crippen molar-refractivity contribution in [2.24, 2.45) is 7.05 Å². The Kier molecular flexibility index (Phi) is 8.87. The molecular weight excluding hydrogens is 628 g/mol. The first-order valence-electron chi connectivity index (χ1n) is 18.0. The highest BCUT2D eigenvalue weighted by Crippen LogP contribution is 2.34. The van der Waals surface area contributed by atoms with Crippen LogP contribution in [0, 0.1) is 0 Å². The van der Waals surface area contributed by atoms with Crippen LogP contribution in [0.25, 0.3) is 11.4 Å². The van der Waals surface area contributed by atoms with E-state index in [0.29, 0.717) is 24.4 Å². The molecule has 8 rings (SSSR count). The van der Waals surface area contributed by atoms with Gasteiger partial charge in [0, 0.05) is 81.7 Å².